The van der Waals surface area contributed by atoms with Gasteiger partial charge in [0, 0.05) is 23.5 Å². The minimum atomic E-state index is -0.313. The van der Waals surface area contributed by atoms with E-state index in [9.17, 15) is 9.59 Å². The van der Waals surface area contributed by atoms with Gasteiger partial charge in [-0.25, -0.2) is 0 Å². The quantitative estimate of drug-likeness (QED) is 0.740. The van der Waals surface area contributed by atoms with Crippen LogP contribution in [0.5, 0.6) is 11.5 Å². The number of methoxy groups -OCH3 is 2. The molecule has 26 heavy (non-hydrogen) atoms. The molecule has 0 radical (unpaired) electrons. The average molecular weight is 350 g/mol. The molecule has 0 aliphatic rings. The maximum atomic E-state index is 12.3. The highest BCUT2D eigenvalue weighted by Crippen LogP contribution is 2.33. The van der Waals surface area contributed by atoms with E-state index in [2.05, 4.69) is 10.3 Å². The van der Waals surface area contributed by atoms with Crippen molar-refractivity contribution in [2.45, 2.75) is 0 Å². The van der Waals surface area contributed by atoms with E-state index in [1.807, 2.05) is 30.3 Å². The van der Waals surface area contributed by atoms with Crippen LogP contribution in [0.3, 0.4) is 0 Å². The topological polar surface area (TPSA) is 80.4 Å². The maximum absolute atomic E-state index is 12.3. The zero-order valence-electron chi connectivity index (χ0n) is 14.4. The van der Waals surface area contributed by atoms with Gasteiger partial charge in [-0.1, -0.05) is 12.1 Å². The second kappa shape index (κ2) is 7.57. The molecule has 0 fully saturated rings. The molecular formula is C20H18N2O4. The highest BCUT2D eigenvalue weighted by atomic mass is 16.5. The number of hydrogen-bond acceptors (Lipinski definition) is 4. The van der Waals surface area contributed by atoms with E-state index in [1.54, 1.807) is 26.4 Å². The standard InChI is InChI=1S/C20H18N2O4/c1-25-16-7-3-13(4-8-16)17-11-15(6-9-18(17)26-2)22-20(24)14-5-10-19(23)21-12-14/h3-12H,1-2H3,(H,21,23)(H,22,24). The van der Waals surface area contributed by atoms with Crippen molar-refractivity contribution in [2.75, 3.05) is 19.5 Å². The van der Waals surface area contributed by atoms with Crippen LogP contribution in [-0.2, 0) is 0 Å². The smallest absolute Gasteiger partial charge is 0.257 e. The Morgan fingerprint density at radius 3 is 2.35 bits per heavy atom. The highest BCUT2D eigenvalue weighted by molar-refractivity contribution is 6.04. The summed E-state index contributed by atoms with van der Waals surface area (Å²) in [6.07, 6.45) is 1.38. The first-order chi connectivity index (χ1) is 12.6. The summed E-state index contributed by atoms with van der Waals surface area (Å²) in [5, 5.41) is 2.82. The highest BCUT2D eigenvalue weighted by Gasteiger charge is 2.11. The second-order valence-corrected chi connectivity index (χ2v) is 5.54. The predicted molar refractivity (Wildman–Crippen MR) is 100.0 cm³/mol. The second-order valence-electron chi connectivity index (χ2n) is 5.54. The lowest BCUT2D eigenvalue weighted by Crippen LogP contribution is -2.14. The van der Waals surface area contributed by atoms with Gasteiger partial charge in [0.15, 0.2) is 0 Å². The zero-order chi connectivity index (χ0) is 18.5. The van der Waals surface area contributed by atoms with Crippen molar-refractivity contribution in [3.8, 4) is 22.6 Å². The summed E-state index contributed by atoms with van der Waals surface area (Å²) >= 11 is 0. The SMILES string of the molecule is COc1ccc(-c2cc(NC(=O)c3ccc(=O)[nH]c3)ccc2OC)cc1. The molecule has 0 aliphatic heterocycles. The van der Waals surface area contributed by atoms with Crippen LogP contribution in [0.1, 0.15) is 10.4 Å². The number of benzene rings is 2. The van der Waals surface area contributed by atoms with E-state index in [1.165, 1.54) is 18.3 Å². The third-order valence-corrected chi connectivity index (χ3v) is 3.90. The Morgan fingerprint density at radius 1 is 0.962 bits per heavy atom. The van der Waals surface area contributed by atoms with Crippen molar-refractivity contribution in [1.82, 2.24) is 4.98 Å². The molecule has 1 aromatic heterocycles. The van der Waals surface area contributed by atoms with E-state index in [-0.39, 0.29) is 11.5 Å². The summed E-state index contributed by atoms with van der Waals surface area (Å²) < 4.78 is 10.6. The minimum Gasteiger partial charge on any atom is -0.497 e. The Kier molecular flexibility index (Phi) is 5.03. The molecule has 0 unspecified atom stereocenters. The van der Waals surface area contributed by atoms with Gasteiger partial charge in [-0.2, -0.15) is 0 Å². The Morgan fingerprint density at radius 2 is 1.73 bits per heavy atom. The third-order valence-electron chi connectivity index (χ3n) is 3.90. The molecule has 0 saturated heterocycles. The number of anilines is 1. The van der Waals surface area contributed by atoms with E-state index < -0.39 is 0 Å². The molecule has 2 N–H and O–H groups in total. The first kappa shape index (κ1) is 17.3. The summed E-state index contributed by atoms with van der Waals surface area (Å²) in [5.41, 5.74) is 2.50. The molecule has 6 nitrogen and oxygen atoms in total. The van der Waals surface area contributed by atoms with Crippen LogP contribution >= 0.6 is 0 Å². The van der Waals surface area contributed by atoms with Crippen LogP contribution in [0.25, 0.3) is 11.1 Å². The van der Waals surface area contributed by atoms with Crippen LogP contribution in [-0.4, -0.2) is 25.1 Å². The van der Waals surface area contributed by atoms with Crippen LogP contribution in [0.15, 0.2) is 65.6 Å². The first-order valence-electron chi connectivity index (χ1n) is 7.93. The molecule has 0 aliphatic carbocycles. The van der Waals surface area contributed by atoms with Crippen LogP contribution in [0, 0.1) is 0 Å². The van der Waals surface area contributed by atoms with Gasteiger partial charge < -0.3 is 19.8 Å². The number of aromatic amines is 1. The molecule has 3 rings (SSSR count). The first-order valence-corrected chi connectivity index (χ1v) is 7.93. The normalized spacial score (nSPS) is 10.2. The predicted octanol–water partition coefficient (Wildman–Crippen LogP) is 3.31. The maximum Gasteiger partial charge on any atom is 0.257 e. The molecule has 2 aromatic carbocycles. The molecule has 3 aromatic rings. The molecule has 0 bridgehead atoms. The minimum absolute atomic E-state index is 0.257. The van der Waals surface area contributed by atoms with E-state index in [0.29, 0.717) is 17.0 Å². The molecule has 132 valence electrons. The number of aromatic nitrogens is 1. The van der Waals surface area contributed by atoms with Crippen molar-refractivity contribution in [3.05, 3.63) is 76.7 Å². The van der Waals surface area contributed by atoms with Gasteiger partial charge in [-0.05, 0) is 42.0 Å². The molecule has 0 atom stereocenters. The number of nitrogens with one attached hydrogen (secondary N) is 2. The fraction of sp³-hybridized carbons (Fsp3) is 0.100. The third kappa shape index (κ3) is 3.75. The fourth-order valence-electron chi connectivity index (χ4n) is 2.54. The largest absolute Gasteiger partial charge is 0.497 e. The Hall–Kier alpha value is -3.54. The van der Waals surface area contributed by atoms with Gasteiger partial charge >= 0.3 is 0 Å². The van der Waals surface area contributed by atoms with Crippen LogP contribution in [0.2, 0.25) is 0 Å². The Labute approximate surface area is 150 Å². The van der Waals surface area contributed by atoms with Gasteiger partial charge in [-0.15, -0.1) is 0 Å². The zero-order valence-corrected chi connectivity index (χ0v) is 14.4. The summed E-state index contributed by atoms with van der Waals surface area (Å²) in [4.78, 5) is 25.9. The van der Waals surface area contributed by atoms with Gasteiger partial charge in [0.2, 0.25) is 5.56 Å². The summed E-state index contributed by atoms with van der Waals surface area (Å²) in [6, 6.07) is 15.7. The Balaban J connectivity index is 1.90. The lowest BCUT2D eigenvalue weighted by atomic mass is 10.0. The van der Waals surface area contributed by atoms with Crippen molar-refractivity contribution >= 4 is 11.6 Å². The molecular weight excluding hydrogens is 332 g/mol. The van der Waals surface area contributed by atoms with Crippen molar-refractivity contribution in [3.63, 3.8) is 0 Å². The molecule has 6 heteroatoms. The van der Waals surface area contributed by atoms with Gasteiger partial charge in [0.1, 0.15) is 11.5 Å². The number of amides is 1. The number of carbonyl (C=O) groups is 1. The van der Waals surface area contributed by atoms with Gasteiger partial charge in [0.05, 0.1) is 19.8 Å². The Bertz CT molecular complexity index is 957. The van der Waals surface area contributed by atoms with Crippen molar-refractivity contribution in [1.29, 1.82) is 0 Å². The summed E-state index contributed by atoms with van der Waals surface area (Å²) in [6.45, 7) is 0. The van der Waals surface area contributed by atoms with Crippen molar-refractivity contribution < 1.29 is 14.3 Å². The van der Waals surface area contributed by atoms with Crippen LogP contribution < -0.4 is 20.3 Å². The van der Waals surface area contributed by atoms with Crippen molar-refractivity contribution in [2.24, 2.45) is 0 Å². The monoisotopic (exact) mass is 350 g/mol. The number of hydrogen-bond donors (Lipinski definition) is 2. The number of rotatable bonds is 5. The fourth-order valence-corrected chi connectivity index (χ4v) is 2.54. The molecule has 0 saturated carbocycles. The lowest BCUT2D eigenvalue weighted by molar-refractivity contribution is 0.102. The van der Waals surface area contributed by atoms with E-state index in [0.717, 1.165) is 16.9 Å². The number of carbonyl (C=O) groups excluding carboxylic acids is 1. The van der Waals surface area contributed by atoms with E-state index in [4.69, 9.17) is 9.47 Å². The van der Waals surface area contributed by atoms with Gasteiger partial charge in [-0.3, -0.25) is 9.59 Å². The number of pyridine rings is 1. The molecule has 0 spiro atoms. The number of H-pyrrole nitrogens is 1. The summed E-state index contributed by atoms with van der Waals surface area (Å²) in [7, 11) is 3.21. The number of ether oxygens (including phenoxy) is 2. The molecule has 1 heterocycles. The van der Waals surface area contributed by atoms with E-state index >= 15 is 0 Å². The average Bonchev–Trinajstić information content (AvgIpc) is 2.68. The lowest BCUT2D eigenvalue weighted by Gasteiger charge is -2.12. The molecule has 1 amide bonds. The summed E-state index contributed by atoms with van der Waals surface area (Å²) in [5.74, 6) is 1.14. The van der Waals surface area contributed by atoms with Crippen LogP contribution in [0.4, 0.5) is 5.69 Å². The van der Waals surface area contributed by atoms with Gasteiger partial charge in [0.25, 0.3) is 5.91 Å².